The number of rotatable bonds is 5. The van der Waals surface area contributed by atoms with Crippen LogP contribution in [0.4, 0.5) is 30.4 Å². The molecule has 3 aromatic heterocycles. The van der Waals surface area contributed by atoms with Gasteiger partial charge in [0.05, 0.1) is 42.6 Å². The average molecular weight is 425 g/mol. The molecular formula is C17H12ClF3N6O2. The van der Waals surface area contributed by atoms with Crippen LogP contribution in [0.1, 0.15) is 16.1 Å². The Hall–Kier alpha value is -3.47. The Morgan fingerprint density at radius 2 is 1.86 bits per heavy atom. The van der Waals surface area contributed by atoms with Crippen molar-refractivity contribution in [2.24, 2.45) is 0 Å². The fraction of sp³-hybridized carbons (Fsp3) is 0.118. The Balaban J connectivity index is 1.92. The molecule has 0 atom stereocenters. The van der Waals surface area contributed by atoms with Gasteiger partial charge in [0, 0.05) is 12.3 Å². The minimum absolute atomic E-state index is 0.0276. The van der Waals surface area contributed by atoms with Crippen molar-refractivity contribution in [3.63, 3.8) is 0 Å². The first-order chi connectivity index (χ1) is 13.8. The van der Waals surface area contributed by atoms with E-state index >= 15 is 0 Å². The van der Waals surface area contributed by atoms with Gasteiger partial charge in [-0.3, -0.25) is 4.79 Å². The highest BCUT2D eigenvalue weighted by atomic mass is 35.5. The summed E-state index contributed by atoms with van der Waals surface area (Å²) in [6, 6.07) is 3.89. The van der Waals surface area contributed by atoms with Crippen molar-refractivity contribution in [3.8, 4) is 5.88 Å². The highest BCUT2D eigenvalue weighted by Crippen LogP contribution is 2.33. The van der Waals surface area contributed by atoms with Crippen LogP contribution in [0.15, 0.2) is 43.0 Å². The molecule has 0 saturated carbocycles. The third-order valence-corrected chi connectivity index (χ3v) is 3.72. The first kappa shape index (κ1) is 20.3. The van der Waals surface area contributed by atoms with Crippen LogP contribution >= 0.6 is 11.6 Å². The van der Waals surface area contributed by atoms with Gasteiger partial charge in [0.25, 0.3) is 5.91 Å². The molecule has 0 unspecified atom stereocenters. The van der Waals surface area contributed by atoms with Gasteiger partial charge in [-0.25, -0.2) is 19.9 Å². The van der Waals surface area contributed by atoms with E-state index in [1.54, 1.807) is 12.1 Å². The Labute approximate surface area is 167 Å². The van der Waals surface area contributed by atoms with Crippen molar-refractivity contribution in [2.75, 3.05) is 17.7 Å². The molecule has 12 heteroatoms. The molecule has 0 aromatic carbocycles. The molecule has 3 aromatic rings. The number of methoxy groups -OCH3 is 1. The van der Waals surface area contributed by atoms with Crippen molar-refractivity contribution in [3.05, 3.63) is 59.4 Å². The zero-order valence-corrected chi connectivity index (χ0v) is 15.4. The summed E-state index contributed by atoms with van der Waals surface area (Å²) in [5, 5.41) is 5.21. The fourth-order valence-corrected chi connectivity index (χ4v) is 2.24. The number of pyridine rings is 2. The number of anilines is 3. The number of hydrogen-bond donors (Lipinski definition) is 2. The number of nitrogens with one attached hydrogen (secondary N) is 2. The van der Waals surface area contributed by atoms with Gasteiger partial charge in [0.2, 0.25) is 5.88 Å². The van der Waals surface area contributed by atoms with E-state index in [0.29, 0.717) is 17.8 Å². The minimum atomic E-state index is -4.65. The zero-order chi connectivity index (χ0) is 21.0. The van der Waals surface area contributed by atoms with Crippen LogP contribution in [0.5, 0.6) is 5.88 Å². The van der Waals surface area contributed by atoms with E-state index in [1.807, 2.05) is 0 Å². The van der Waals surface area contributed by atoms with Crippen molar-refractivity contribution >= 4 is 34.7 Å². The molecule has 8 nitrogen and oxygen atoms in total. The molecule has 3 rings (SSSR count). The molecule has 0 aliphatic heterocycles. The summed E-state index contributed by atoms with van der Waals surface area (Å²) >= 11 is 5.62. The SMILES string of the molecule is COc1ccc(Nc2ncc(C(F)(F)F)cc2NC(=O)c2cnc(Cl)cn2)cn1. The lowest BCUT2D eigenvalue weighted by Crippen LogP contribution is -2.17. The summed E-state index contributed by atoms with van der Waals surface area (Å²) in [5.41, 5.74) is -0.963. The first-order valence-corrected chi connectivity index (χ1v) is 8.27. The molecular weight excluding hydrogens is 413 g/mol. The number of hydrogen-bond acceptors (Lipinski definition) is 7. The highest BCUT2D eigenvalue weighted by molar-refractivity contribution is 6.29. The Kier molecular flexibility index (Phi) is 5.78. The molecule has 0 saturated heterocycles. The van der Waals surface area contributed by atoms with Gasteiger partial charge in [0.15, 0.2) is 5.82 Å². The Morgan fingerprint density at radius 3 is 2.45 bits per heavy atom. The fourth-order valence-electron chi connectivity index (χ4n) is 2.14. The summed E-state index contributed by atoms with van der Waals surface area (Å²) in [6.07, 6.45) is -0.361. The molecule has 0 aliphatic rings. The van der Waals surface area contributed by atoms with E-state index in [2.05, 4.69) is 30.6 Å². The molecule has 1 amide bonds. The van der Waals surface area contributed by atoms with Gasteiger partial charge in [-0.1, -0.05) is 11.6 Å². The molecule has 0 fully saturated rings. The number of nitrogens with zero attached hydrogens (tertiary/aromatic N) is 4. The second-order valence-electron chi connectivity index (χ2n) is 5.51. The van der Waals surface area contributed by atoms with Crippen LogP contribution in [0.3, 0.4) is 0 Å². The molecule has 0 radical (unpaired) electrons. The number of amides is 1. The van der Waals surface area contributed by atoms with Crippen molar-refractivity contribution in [2.45, 2.75) is 6.18 Å². The van der Waals surface area contributed by atoms with Gasteiger partial charge in [-0.2, -0.15) is 13.2 Å². The van der Waals surface area contributed by atoms with Crippen LogP contribution < -0.4 is 15.4 Å². The van der Waals surface area contributed by atoms with E-state index in [9.17, 15) is 18.0 Å². The second kappa shape index (κ2) is 8.27. The second-order valence-corrected chi connectivity index (χ2v) is 5.90. The maximum absolute atomic E-state index is 13.1. The van der Waals surface area contributed by atoms with Gasteiger partial charge < -0.3 is 15.4 Å². The zero-order valence-electron chi connectivity index (χ0n) is 14.7. The average Bonchev–Trinajstić information content (AvgIpc) is 2.69. The van der Waals surface area contributed by atoms with Crippen LogP contribution in [0, 0.1) is 0 Å². The van der Waals surface area contributed by atoms with Crippen LogP contribution in [0.25, 0.3) is 0 Å². The lowest BCUT2D eigenvalue weighted by Gasteiger charge is -2.15. The number of alkyl halides is 3. The van der Waals surface area contributed by atoms with Crippen molar-refractivity contribution in [1.82, 2.24) is 19.9 Å². The predicted octanol–water partition coefficient (Wildman–Crippen LogP) is 3.94. The molecule has 150 valence electrons. The van der Waals surface area contributed by atoms with Crippen LogP contribution in [-0.2, 0) is 6.18 Å². The maximum Gasteiger partial charge on any atom is 0.417 e. The van der Waals surface area contributed by atoms with Gasteiger partial charge in [-0.15, -0.1) is 0 Å². The molecule has 0 aliphatic carbocycles. The monoisotopic (exact) mass is 424 g/mol. The number of carbonyl (C=O) groups is 1. The molecule has 3 heterocycles. The van der Waals surface area contributed by atoms with E-state index < -0.39 is 17.6 Å². The van der Waals surface area contributed by atoms with Gasteiger partial charge in [-0.05, 0) is 12.1 Å². The van der Waals surface area contributed by atoms with E-state index in [1.165, 1.54) is 13.3 Å². The molecule has 0 bridgehead atoms. The number of aromatic nitrogens is 4. The van der Waals surface area contributed by atoms with Gasteiger partial charge in [0.1, 0.15) is 10.8 Å². The van der Waals surface area contributed by atoms with Crippen LogP contribution in [-0.4, -0.2) is 33.0 Å². The molecule has 2 N–H and O–H groups in total. The summed E-state index contributed by atoms with van der Waals surface area (Å²) in [4.78, 5) is 27.6. The maximum atomic E-state index is 13.1. The number of ether oxygens (including phenoxy) is 1. The molecule has 0 spiro atoms. The lowest BCUT2D eigenvalue weighted by molar-refractivity contribution is -0.137. The first-order valence-electron chi connectivity index (χ1n) is 7.89. The summed E-state index contributed by atoms with van der Waals surface area (Å²) in [6.45, 7) is 0. The van der Waals surface area contributed by atoms with E-state index in [4.69, 9.17) is 16.3 Å². The lowest BCUT2D eigenvalue weighted by atomic mass is 10.2. The van der Waals surface area contributed by atoms with E-state index in [0.717, 1.165) is 18.5 Å². The van der Waals surface area contributed by atoms with Crippen molar-refractivity contribution < 1.29 is 22.7 Å². The molecule has 29 heavy (non-hydrogen) atoms. The topological polar surface area (TPSA) is 102 Å². The minimum Gasteiger partial charge on any atom is -0.481 e. The summed E-state index contributed by atoms with van der Waals surface area (Å²) in [7, 11) is 1.44. The number of carbonyl (C=O) groups excluding carboxylic acids is 1. The Bertz CT molecular complexity index is 1010. The van der Waals surface area contributed by atoms with Crippen molar-refractivity contribution in [1.29, 1.82) is 0 Å². The van der Waals surface area contributed by atoms with E-state index in [-0.39, 0.29) is 22.4 Å². The number of halogens is 4. The Morgan fingerprint density at radius 1 is 1.07 bits per heavy atom. The summed E-state index contributed by atoms with van der Waals surface area (Å²) < 4.78 is 44.2. The quantitative estimate of drug-likeness (QED) is 0.639. The third-order valence-electron chi connectivity index (χ3n) is 3.52. The predicted molar refractivity (Wildman–Crippen MR) is 98.3 cm³/mol. The summed E-state index contributed by atoms with van der Waals surface area (Å²) in [5.74, 6) is -0.461. The van der Waals surface area contributed by atoms with Crippen LogP contribution in [0.2, 0.25) is 5.15 Å². The largest absolute Gasteiger partial charge is 0.481 e. The standard InChI is InChI=1S/C17H12ClF3N6O2/c1-29-14-3-2-10(6-24-14)26-15-11(4-9(5-25-15)17(19,20)21)27-16(28)12-7-23-13(18)8-22-12/h2-8H,1H3,(H,25,26)(H,27,28). The highest BCUT2D eigenvalue weighted by Gasteiger charge is 2.32. The van der Waals surface area contributed by atoms with Gasteiger partial charge >= 0.3 is 6.18 Å². The smallest absolute Gasteiger partial charge is 0.417 e. The normalized spacial score (nSPS) is 11.1. The third kappa shape index (κ3) is 5.08.